The van der Waals surface area contributed by atoms with Crippen LogP contribution in [0.15, 0.2) is 18.2 Å². The van der Waals surface area contributed by atoms with Gasteiger partial charge >= 0.3 is 0 Å². The predicted octanol–water partition coefficient (Wildman–Crippen LogP) is 1.85. The maximum Gasteiger partial charge on any atom is 0.271 e. The molecule has 0 aliphatic carbocycles. The molecule has 0 unspecified atom stereocenters. The van der Waals surface area contributed by atoms with Gasteiger partial charge in [-0.3, -0.25) is 9.69 Å². The summed E-state index contributed by atoms with van der Waals surface area (Å²) in [5.74, 6) is -0.411. The Hall–Kier alpha value is -2.09. The Labute approximate surface area is 98.2 Å². The molecule has 17 heavy (non-hydrogen) atoms. The Morgan fingerprint density at radius 1 is 1.53 bits per heavy atom. The molecule has 0 spiro atoms. The minimum atomic E-state index is -1.04. The molecule has 1 amide bonds. The van der Waals surface area contributed by atoms with Crippen molar-refractivity contribution in [3.63, 3.8) is 0 Å². The number of ether oxygens (including phenoxy) is 1. The molecule has 0 radical (unpaired) electrons. The second-order valence-electron chi connectivity index (χ2n) is 4.27. The van der Waals surface area contributed by atoms with Gasteiger partial charge in [-0.05, 0) is 26.0 Å². The monoisotopic (exact) mass is 234 g/mol. The van der Waals surface area contributed by atoms with E-state index >= 15 is 0 Å². The van der Waals surface area contributed by atoms with Crippen molar-refractivity contribution in [2.45, 2.75) is 19.4 Å². The average molecular weight is 234 g/mol. The lowest BCUT2D eigenvalue weighted by Crippen LogP contribution is -2.52. The highest BCUT2D eigenvalue weighted by molar-refractivity contribution is 6.02. The number of fused-ring (bicyclic) bond motifs is 1. The fraction of sp³-hybridized carbons (Fsp3) is 0.333. The van der Waals surface area contributed by atoms with Crippen molar-refractivity contribution in [3.8, 4) is 11.8 Å². The Balaban J connectivity index is 2.55. The van der Waals surface area contributed by atoms with Crippen LogP contribution >= 0.6 is 0 Å². The summed E-state index contributed by atoms with van der Waals surface area (Å²) < 4.78 is 18.6. The van der Waals surface area contributed by atoms with E-state index in [2.05, 4.69) is 0 Å². The van der Waals surface area contributed by atoms with Gasteiger partial charge < -0.3 is 4.74 Å². The maximum absolute atomic E-state index is 13.2. The highest BCUT2D eigenvalue weighted by Gasteiger charge is 2.40. The van der Waals surface area contributed by atoms with Gasteiger partial charge in [0.25, 0.3) is 5.91 Å². The Morgan fingerprint density at radius 2 is 2.24 bits per heavy atom. The summed E-state index contributed by atoms with van der Waals surface area (Å²) in [5.41, 5.74) is -0.738. The van der Waals surface area contributed by atoms with Gasteiger partial charge in [0, 0.05) is 6.07 Å². The summed E-state index contributed by atoms with van der Waals surface area (Å²) in [7, 11) is 0. The SMILES string of the molecule is CC1(C)Oc2ccc(F)cc2N(CC#N)C1=O. The number of hydrogen-bond acceptors (Lipinski definition) is 3. The lowest BCUT2D eigenvalue weighted by atomic mass is 10.0. The Bertz CT molecular complexity index is 520. The van der Waals surface area contributed by atoms with Gasteiger partial charge in [-0.25, -0.2) is 4.39 Å². The summed E-state index contributed by atoms with van der Waals surface area (Å²) in [6.45, 7) is 3.11. The van der Waals surface area contributed by atoms with Crippen LogP contribution < -0.4 is 9.64 Å². The molecule has 0 fully saturated rings. The molecule has 1 heterocycles. The molecule has 1 aliphatic heterocycles. The molecule has 4 nitrogen and oxygen atoms in total. The first-order valence-electron chi connectivity index (χ1n) is 5.13. The van der Waals surface area contributed by atoms with Crippen molar-refractivity contribution in [1.29, 1.82) is 5.26 Å². The first-order valence-corrected chi connectivity index (χ1v) is 5.13. The van der Waals surface area contributed by atoms with E-state index < -0.39 is 11.4 Å². The first-order chi connectivity index (χ1) is 7.95. The highest BCUT2D eigenvalue weighted by atomic mass is 19.1. The standard InChI is InChI=1S/C12H11FN2O2/c1-12(2)11(16)15(6-5-14)9-7-8(13)3-4-10(9)17-12/h3-4,7H,6H2,1-2H3. The van der Waals surface area contributed by atoms with Crippen molar-refractivity contribution in [2.24, 2.45) is 0 Å². The Morgan fingerprint density at radius 3 is 2.88 bits per heavy atom. The summed E-state index contributed by atoms with van der Waals surface area (Å²) in [6.07, 6.45) is 0. The second kappa shape index (κ2) is 3.74. The summed E-state index contributed by atoms with van der Waals surface area (Å²) in [6, 6.07) is 5.81. The van der Waals surface area contributed by atoms with Crippen molar-refractivity contribution in [3.05, 3.63) is 24.0 Å². The second-order valence-corrected chi connectivity index (χ2v) is 4.27. The van der Waals surface area contributed by atoms with Gasteiger partial charge in [-0.2, -0.15) is 5.26 Å². The third-order valence-electron chi connectivity index (χ3n) is 2.57. The van der Waals surface area contributed by atoms with Gasteiger partial charge in [-0.15, -0.1) is 0 Å². The number of nitriles is 1. The van der Waals surface area contributed by atoms with Crippen LogP contribution in [0.5, 0.6) is 5.75 Å². The Kier molecular flexibility index (Phi) is 2.50. The average Bonchev–Trinajstić information content (AvgIpc) is 2.26. The summed E-state index contributed by atoms with van der Waals surface area (Å²) in [5, 5.41) is 8.72. The van der Waals surface area contributed by atoms with Crippen molar-refractivity contribution in [2.75, 3.05) is 11.4 Å². The number of nitrogens with zero attached hydrogens (tertiary/aromatic N) is 2. The predicted molar refractivity (Wildman–Crippen MR) is 59.1 cm³/mol. The molecule has 1 aromatic carbocycles. The molecule has 0 bridgehead atoms. The molecule has 0 saturated heterocycles. The van der Waals surface area contributed by atoms with E-state index in [1.807, 2.05) is 6.07 Å². The smallest absolute Gasteiger partial charge is 0.271 e. The lowest BCUT2D eigenvalue weighted by Gasteiger charge is -2.37. The van der Waals surface area contributed by atoms with Crippen LogP contribution in [0, 0.1) is 17.1 Å². The summed E-state index contributed by atoms with van der Waals surface area (Å²) in [4.78, 5) is 13.3. The minimum absolute atomic E-state index is 0.123. The molecule has 1 aliphatic rings. The highest BCUT2D eigenvalue weighted by Crippen LogP contribution is 2.37. The normalized spacial score (nSPS) is 17.1. The largest absolute Gasteiger partial charge is 0.476 e. The van der Waals surface area contributed by atoms with Crippen LogP contribution in [0.3, 0.4) is 0 Å². The van der Waals surface area contributed by atoms with Crippen LogP contribution in [-0.4, -0.2) is 18.1 Å². The number of rotatable bonds is 1. The van der Waals surface area contributed by atoms with E-state index in [1.165, 1.54) is 23.1 Å². The first kappa shape index (κ1) is 11.4. The van der Waals surface area contributed by atoms with Crippen LogP contribution in [0.4, 0.5) is 10.1 Å². The zero-order valence-corrected chi connectivity index (χ0v) is 9.53. The molecular formula is C12H11FN2O2. The van der Waals surface area contributed by atoms with Crippen LogP contribution in [-0.2, 0) is 4.79 Å². The number of carbonyl (C=O) groups excluding carboxylic acids is 1. The molecular weight excluding hydrogens is 223 g/mol. The summed E-state index contributed by atoms with van der Waals surface area (Å²) >= 11 is 0. The van der Waals surface area contributed by atoms with Gasteiger partial charge in [0.2, 0.25) is 0 Å². The maximum atomic E-state index is 13.2. The molecule has 0 saturated carbocycles. The molecule has 2 rings (SSSR count). The van der Waals surface area contributed by atoms with E-state index in [0.29, 0.717) is 11.4 Å². The molecule has 5 heteroatoms. The third-order valence-corrected chi connectivity index (χ3v) is 2.57. The van der Waals surface area contributed by atoms with E-state index in [0.717, 1.165) is 0 Å². The zero-order valence-electron chi connectivity index (χ0n) is 9.53. The number of anilines is 1. The van der Waals surface area contributed by atoms with Crippen LogP contribution in [0.1, 0.15) is 13.8 Å². The van der Waals surface area contributed by atoms with E-state index in [9.17, 15) is 9.18 Å². The molecule has 88 valence electrons. The molecule has 0 atom stereocenters. The number of amides is 1. The van der Waals surface area contributed by atoms with E-state index in [-0.39, 0.29) is 12.5 Å². The molecule has 1 aromatic rings. The van der Waals surface area contributed by atoms with Gasteiger partial charge in [0.1, 0.15) is 18.1 Å². The number of hydrogen-bond donors (Lipinski definition) is 0. The van der Waals surface area contributed by atoms with Crippen LogP contribution in [0.2, 0.25) is 0 Å². The molecule has 0 aromatic heterocycles. The van der Waals surface area contributed by atoms with Crippen molar-refractivity contribution < 1.29 is 13.9 Å². The van der Waals surface area contributed by atoms with Crippen molar-refractivity contribution in [1.82, 2.24) is 0 Å². The van der Waals surface area contributed by atoms with E-state index in [4.69, 9.17) is 10.00 Å². The van der Waals surface area contributed by atoms with Gasteiger partial charge in [-0.1, -0.05) is 0 Å². The lowest BCUT2D eigenvalue weighted by molar-refractivity contribution is -0.132. The number of halogens is 1. The number of carbonyl (C=O) groups is 1. The van der Waals surface area contributed by atoms with Crippen molar-refractivity contribution >= 4 is 11.6 Å². The topological polar surface area (TPSA) is 53.3 Å². The third kappa shape index (κ3) is 1.82. The van der Waals surface area contributed by atoms with Gasteiger partial charge in [0.05, 0.1) is 11.8 Å². The van der Waals surface area contributed by atoms with E-state index in [1.54, 1.807) is 13.8 Å². The quantitative estimate of drug-likeness (QED) is 0.697. The zero-order chi connectivity index (χ0) is 12.6. The fourth-order valence-corrected chi connectivity index (χ4v) is 1.77. The molecule has 0 N–H and O–H groups in total. The minimum Gasteiger partial charge on any atom is -0.476 e. The fourth-order valence-electron chi connectivity index (χ4n) is 1.77. The van der Waals surface area contributed by atoms with Gasteiger partial charge in [0.15, 0.2) is 5.60 Å². The van der Waals surface area contributed by atoms with Crippen LogP contribution in [0.25, 0.3) is 0 Å². The number of benzene rings is 1.